The van der Waals surface area contributed by atoms with Gasteiger partial charge in [-0.1, -0.05) is 0 Å². The lowest BCUT2D eigenvalue weighted by Gasteiger charge is -2.07. The molecule has 0 radical (unpaired) electrons. The normalized spacial score (nSPS) is 10.7. The third kappa shape index (κ3) is 2.91. The molecule has 1 aromatic carbocycles. The molecule has 0 spiro atoms. The number of amides is 1. The number of furan rings is 1. The molecular weight excluding hydrogens is 268 g/mol. The van der Waals surface area contributed by atoms with Crippen LogP contribution in [-0.2, 0) is 17.9 Å². The Kier molecular flexibility index (Phi) is 3.64. The number of carbonyl (C=O) groups excluding carboxylic acids is 1. The van der Waals surface area contributed by atoms with Crippen molar-refractivity contribution < 1.29 is 13.9 Å². The fourth-order valence-electron chi connectivity index (χ4n) is 2.25. The van der Waals surface area contributed by atoms with E-state index in [1.54, 1.807) is 19.4 Å². The summed E-state index contributed by atoms with van der Waals surface area (Å²) in [6.07, 6.45) is 3.49. The van der Waals surface area contributed by atoms with Crippen molar-refractivity contribution in [2.24, 2.45) is 0 Å². The highest BCUT2D eigenvalue weighted by molar-refractivity contribution is 5.84. The summed E-state index contributed by atoms with van der Waals surface area (Å²) in [6, 6.07) is 11.4. The van der Waals surface area contributed by atoms with Crippen LogP contribution in [0.4, 0.5) is 0 Å². The minimum Gasteiger partial charge on any atom is -0.497 e. The molecule has 0 aliphatic carbocycles. The van der Waals surface area contributed by atoms with Crippen LogP contribution in [0.25, 0.3) is 10.9 Å². The van der Waals surface area contributed by atoms with Crippen LogP contribution in [-0.4, -0.2) is 17.6 Å². The number of hydrogen-bond acceptors (Lipinski definition) is 3. The summed E-state index contributed by atoms with van der Waals surface area (Å²) in [6.45, 7) is 0.676. The molecular formula is C16H16N2O3. The van der Waals surface area contributed by atoms with Gasteiger partial charge >= 0.3 is 0 Å². The van der Waals surface area contributed by atoms with Crippen molar-refractivity contribution >= 4 is 16.8 Å². The average molecular weight is 284 g/mol. The lowest BCUT2D eigenvalue weighted by molar-refractivity contribution is -0.121. The maximum absolute atomic E-state index is 12.0. The second kappa shape index (κ2) is 5.75. The third-order valence-electron chi connectivity index (χ3n) is 3.33. The van der Waals surface area contributed by atoms with Crippen molar-refractivity contribution in [2.45, 2.75) is 13.1 Å². The number of aromatic nitrogens is 1. The summed E-state index contributed by atoms with van der Waals surface area (Å²) in [4.78, 5) is 12.0. The van der Waals surface area contributed by atoms with Gasteiger partial charge in [0, 0.05) is 17.1 Å². The Balaban J connectivity index is 1.68. The fourth-order valence-corrected chi connectivity index (χ4v) is 2.25. The zero-order chi connectivity index (χ0) is 14.7. The van der Waals surface area contributed by atoms with E-state index in [1.807, 2.05) is 41.1 Å². The number of carbonyl (C=O) groups is 1. The second-order valence-corrected chi connectivity index (χ2v) is 4.72. The molecule has 0 aliphatic heterocycles. The van der Waals surface area contributed by atoms with E-state index in [4.69, 9.17) is 9.15 Å². The Morgan fingerprint density at radius 1 is 1.33 bits per heavy atom. The molecule has 0 atom stereocenters. The topological polar surface area (TPSA) is 56.4 Å². The van der Waals surface area contributed by atoms with E-state index in [0.29, 0.717) is 6.54 Å². The number of benzene rings is 1. The number of nitrogens with one attached hydrogen (secondary N) is 1. The van der Waals surface area contributed by atoms with Gasteiger partial charge < -0.3 is 19.0 Å². The molecule has 0 fully saturated rings. The van der Waals surface area contributed by atoms with E-state index < -0.39 is 0 Å². The third-order valence-corrected chi connectivity index (χ3v) is 3.33. The predicted octanol–water partition coefficient (Wildman–Crippen LogP) is 2.56. The van der Waals surface area contributed by atoms with Crippen LogP contribution in [0.15, 0.2) is 53.3 Å². The minimum atomic E-state index is -0.0558. The fraction of sp³-hybridized carbons (Fsp3) is 0.188. The largest absolute Gasteiger partial charge is 0.497 e. The van der Waals surface area contributed by atoms with Crippen LogP contribution in [0, 0.1) is 0 Å². The lowest BCUT2D eigenvalue weighted by Crippen LogP contribution is -2.26. The number of fused-ring (bicyclic) bond motifs is 1. The molecule has 1 amide bonds. The number of hydrogen-bond donors (Lipinski definition) is 1. The molecule has 0 aliphatic rings. The van der Waals surface area contributed by atoms with E-state index in [-0.39, 0.29) is 12.5 Å². The van der Waals surface area contributed by atoms with E-state index in [2.05, 4.69) is 5.32 Å². The van der Waals surface area contributed by atoms with E-state index in [9.17, 15) is 4.79 Å². The first-order valence-corrected chi connectivity index (χ1v) is 6.68. The van der Waals surface area contributed by atoms with Gasteiger partial charge in [-0.25, -0.2) is 0 Å². The minimum absolute atomic E-state index is 0.0558. The summed E-state index contributed by atoms with van der Waals surface area (Å²) in [5, 5.41) is 3.88. The van der Waals surface area contributed by atoms with Gasteiger partial charge in [0.15, 0.2) is 0 Å². The van der Waals surface area contributed by atoms with Crippen molar-refractivity contribution in [1.82, 2.24) is 9.88 Å². The number of methoxy groups -OCH3 is 1. The standard InChI is InChI=1S/C16H16N2O3/c1-20-13-4-5-15-12(9-13)6-7-18(15)11-16(19)17-10-14-3-2-8-21-14/h2-9H,10-11H2,1H3,(H,17,19). The first kappa shape index (κ1) is 13.3. The predicted molar refractivity (Wildman–Crippen MR) is 79.0 cm³/mol. The molecule has 2 aromatic heterocycles. The average Bonchev–Trinajstić information content (AvgIpc) is 3.14. The van der Waals surface area contributed by atoms with Crippen LogP contribution in [0.5, 0.6) is 5.75 Å². The first-order chi connectivity index (χ1) is 10.3. The summed E-state index contributed by atoms with van der Waals surface area (Å²) in [5.41, 5.74) is 1.00. The number of nitrogens with zero attached hydrogens (tertiary/aromatic N) is 1. The monoisotopic (exact) mass is 284 g/mol. The quantitative estimate of drug-likeness (QED) is 0.783. The Labute approximate surface area is 122 Å². The summed E-state index contributed by atoms with van der Waals surface area (Å²) in [7, 11) is 1.64. The summed E-state index contributed by atoms with van der Waals surface area (Å²) in [5.74, 6) is 1.49. The Morgan fingerprint density at radius 3 is 3.00 bits per heavy atom. The highest BCUT2D eigenvalue weighted by atomic mass is 16.5. The summed E-state index contributed by atoms with van der Waals surface area (Å²) >= 11 is 0. The molecule has 1 N–H and O–H groups in total. The molecule has 3 rings (SSSR count). The van der Waals surface area contributed by atoms with Crippen molar-refractivity contribution in [3.8, 4) is 5.75 Å². The molecule has 5 heteroatoms. The number of ether oxygens (including phenoxy) is 1. The van der Waals surface area contributed by atoms with Gasteiger partial charge in [0.25, 0.3) is 0 Å². The molecule has 0 saturated heterocycles. The second-order valence-electron chi connectivity index (χ2n) is 4.72. The van der Waals surface area contributed by atoms with Crippen LogP contribution >= 0.6 is 0 Å². The molecule has 3 aromatic rings. The first-order valence-electron chi connectivity index (χ1n) is 6.68. The lowest BCUT2D eigenvalue weighted by atomic mass is 10.2. The molecule has 0 saturated carbocycles. The van der Waals surface area contributed by atoms with Crippen molar-refractivity contribution in [2.75, 3.05) is 7.11 Å². The molecule has 0 bridgehead atoms. The molecule has 2 heterocycles. The number of rotatable bonds is 5. The van der Waals surface area contributed by atoms with Gasteiger partial charge in [0.2, 0.25) is 5.91 Å². The highest BCUT2D eigenvalue weighted by Crippen LogP contribution is 2.21. The van der Waals surface area contributed by atoms with Gasteiger partial charge in [-0.05, 0) is 36.4 Å². The molecule has 108 valence electrons. The maximum atomic E-state index is 12.0. The smallest absolute Gasteiger partial charge is 0.240 e. The van der Waals surface area contributed by atoms with Crippen LogP contribution < -0.4 is 10.1 Å². The van der Waals surface area contributed by atoms with E-state index in [0.717, 1.165) is 22.4 Å². The zero-order valence-corrected chi connectivity index (χ0v) is 11.7. The molecule has 21 heavy (non-hydrogen) atoms. The Hall–Kier alpha value is -2.69. The molecule has 5 nitrogen and oxygen atoms in total. The van der Waals surface area contributed by atoms with Crippen LogP contribution in [0.2, 0.25) is 0 Å². The van der Waals surface area contributed by atoms with E-state index >= 15 is 0 Å². The highest BCUT2D eigenvalue weighted by Gasteiger charge is 2.07. The van der Waals surface area contributed by atoms with Gasteiger partial charge in [-0.15, -0.1) is 0 Å². The van der Waals surface area contributed by atoms with E-state index in [1.165, 1.54) is 0 Å². The van der Waals surface area contributed by atoms with Crippen molar-refractivity contribution in [1.29, 1.82) is 0 Å². The van der Waals surface area contributed by atoms with Crippen LogP contribution in [0.3, 0.4) is 0 Å². The zero-order valence-electron chi connectivity index (χ0n) is 11.7. The van der Waals surface area contributed by atoms with Gasteiger partial charge in [-0.2, -0.15) is 0 Å². The maximum Gasteiger partial charge on any atom is 0.240 e. The Bertz CT molecular complexity index is 744. The Morgan fingerprint density at radius 2 is 2.24 bits per heavy atom. The molecule has 0 unspecified atom stereocenters. The van der Waals surface area contributed by atoms with Crippen molar-refractivity contribution in [3.05, 3.63) is 54.6 Å². The van der Waals surface area contributed by atoms with Crippen molar-refractivity contribution in [3.63, 3.8) is 0 Å². The summed E-state index contributed by atoms with van der Waals surface area (Å²) < 4.78 is 12.3. The van der Waals surface area contributed by atoms with Crippen LogP contribution in [0.1, 0.15) is 5.76 Å². The van der Waals surface area contributed by atoms with Gasteiger partial charge in [0.05, 0.1) is 19.9 Å². The van der Waals surface area contributed by atoms with Gasteiger partial charge in [-0.3, -0.25) is 4.79 Å². The van der Waals surface area contributed by atoms with Gasteiger partial charge in [0.1, 0.15) is 18.1 Å². The SMILES string of the molecule is COc1ccc2c(ccn2CC(=O)NCc2ccco2)c1.